The summed E-state index contributed by atoms with van der Waals surface area (Å²) >= 11 is 5.93. The summed E-state index contributed by atoms with van der Waals surface area (Å²) in [6.45, 7) is 4.39. The number of hydrogen-bond acceptors (Lipinski definition) is 2. The molecule has 2 atom stereocenters. The van der Waals surface area contributed by atoms with Gasteiger partial charge in [-0.05, 0) is 43.2 Å². The first-order valence-corrected chi connectivity index (χ1v) is 9.00. The SMILES string of the molecule is Cc1cc(Cl)ccc1NC(=O)NC1CC(=O)N(C(C)c2ccccc2)C1. The second-order valence-corrected chi connectivity index (χ2v) is 7.03. The average molecular weight is 372 g/mol. The molecule has 1 heterocycles. The van der Waals surface area contributed by atoms with Crippen LogP contribution >= 0.6 is 11.6 Å². The van der Waals surface area contributed by atoms with Gasteiger partial charge in [0.25, 0.3) is 0 Å². The molecule has 0 spiro atoms. The molecule has 2 aromatic rings. The molecule has 1 aliphatic rings. The van der Waals surface area contributed by atoms with Gasteiger partial charge in [0.2, 0.25) is 5.91 Å². The lowest BCUT2D eigenvalue weighted by Crippen LogP contribution is -2.40. The Bertz CT molecular complexity index is 810. The highest BCUT2D eigenvalue weighted by Gasteiger charge is 2.33. The molecule has 5 nitrogen and oxygen atoms in total. The molecule has 0 bridgehead atoms. The molecule has 2 unspecified atom stereocenters. The number of anilines is 1. The highest BCUT2D eigenvalue weighted by Crippen LogP contribution is 2.25. The van der Waals surface area contributed by atoms with E-state index >= 15 is 0 Å². The number of halogens is 1. The summed E-state index contributed by atoms with van der Waals surface area (Å²) in [4.78, 5) is 26.5. The van der Waals surface area contributed by atoms with E-state index in [0.717, 1.165) is 11.1 Å². The van der Waals surface area contributed by atoms with Crippen LogP contribution < -0.4 is 10.6 Å². The summed E-state index contributed by atoms with van der Waals surface area (Å²) in [5.74, 6) is 0.0503. The van der Waals surface area contributed by atoms with Crippen LogP contribution in [-0.4, -0.2) is 29.4 Å². The Morgan fingerprint density at radius 2 is 1.96 bits per heavy atom. The van der Waals surface area contributed by atoms with Crippen LogP contribution in [0.15, 0.2) is 48.5 Å². The molecule has 3 rings (SSSR count). The Labute approximate surface area is 158 Å². The predicted octanol–water partition coefficient (Wildman–Crippen LogP) is 4.13. The van der Waals surface area contributed by atoms with Crippen LogP contribution in [0, 0.1) is 6.92 Å². The monoisotopic (exact) mass is 371 g/mol. The Kier molecular flexibility index (Phi) is 5.47. The molecule has 2 N–H and O–H groups in total. The minimum atomic E-state index is -0.317. The van der Waals surface area contributed by atoms with Gasteiger partial charge in [0, 0.05) is 23.7 Å². The van der Waals surface area contributed by atoms with Gasteiger partial charge in [-0.15, -0.1) is 0 Å². The molecule has 0 saturated carbocycles. The first-order chi connectivity index (χ1) is 12.4. The highest BCUT2D eigenvalue weighted by molar-refractivity contribution is 6.30. The largest absolute Gasteiger partial charge is 0.334 e. The van der Waals surface area contributed by atoms with Gasteiger partial charge < -0.3 is 15.5 Å². The quantitative estimate of drug-likeness (QED) is 0.848. The molecule has 136 valence electrons. The summed E-state index contributed by atoms with van der Waals surface area (Å²) in [7, 11) is 0. The average Bonchev–Trinajstić information content (AvgIpc) is 2.97. The fourth-order valence-corrected chi connectivity index (χ4v) is 3.45. The van der Waals surface area contributed by atoms with Gasteiger partial charge in [-0.3, -0.25) is 4.79 Å². The fourth-order valence-electron chi connectivity index (χ4n) is 3.23. The third kappa shape index (κ3) is 4.17. The van der Waals surface area contributed by atoms with Crippen molar-refractivity contribution in [3.05, 3.63) is 64.7 Å². The fraction of sp³-hybridized carbons (Fsp3) is 0.300. The van der Waals surface area contributed by atoms with Gasteiger partial charge in [-0.25, -0.2) is 4.79 Å². The molecule has 1 saturated heterocycles. The maximum Gasteiger partial charge on any atom is 0.319 e. The van der Waals surface area contributed by atoms with Crippen LogP contribution in [-0.2, 0) is 4.79 Å². The van der Waals surface area contributed by atoms with E-state index in [-0.39, 0.29) is 24.0 Å². The summed E-state index contributed by atoms with van der Waals surface area (Å²) in [6.07, 6.45) is 0.310. The molecule has 26 heavy (non-hydrogen) atoms. The normalized spacial score (nSPS) is 17.9. The van der Waals surface area contributed by atoms with Crippen molar-refractivity contribution in [2.24, 2.45) is 0 Å². The zero-order valence-electron chi connectivity index (χ0n) is 14.8. The van der Waals surface area contributed by atoms with E-state index in [9.17, 15) is 9.59 Å². The van der Waals surface area contributed by atoms with Crippen molar-refractivity contribution in [1.29, 1.82) is 0 Å². The smallest absolute Gasteiger partial charge is 0.319 e. The van der Waals surface area contributed by atoms with Crippen LogP contribution in [0.2, 0.25) is 5.02 Å². The van der Waals surface area contributed by atoms with E-state index < -0.39 is 0 Å². The summed E-state index contributed by atoms with van der Waals surface area (Å²) < 4.78 is 0. The second-order valence-electron chi connectivity index (χ2n) is 6.59. The topological polar surface area (TPSA) is 61.4 Å². The number of likely N-dealkylation sites (tertiary alicyclic amines) is 1. The predicted molar refractivity (Wildman–Crippen MR) is 103 cm³/mol. The Morgan fingerprint density at radius 1 is 1.23 bits per heavy atom. The lowest BCUT2D eigenvalue weighted by atomic mass is 10.1. The maximum atomic E-state index is 12.4. The molecule has 0 aliphatic carbocycles. The van der Waals surface area contributed by atoms with E-state index in [0.29, 0.717) is 23.7 Å². The number of benzene rings is 2. The third-order valence-corrected chi connectivity index (χ3v) is 4.91. The van der Waals surface area contributed by atoms with Crippen molar-refractivity contribution in [2.45, 2.75) is 32.4 Å². The second kappa shape index (κ2) is 7.79. The van der Waals surface area contributed by atoms with Gasteiger partial charge in [0.15, 0.2) is 0 Å². The number of rotatable bonds is 4. The van der Waals surface area contributed by atoms with E-state index in [2.05, 4.69) is 10.6 Å². The van der Waals surface area contributed by atoms with Gasteiger partial charge in [-0.1, -0.05) is 41.9 Å². The molecule has 6 heteroatoms. The number of nitrogens with one attached hydrogen (secondary N) is 2. The molecule has 0 aromatic heterocycles. The number of aryl methyl sites for hydroxylation is 1. The van der Waals surface area contributed by atoms with Crippen molar-refractivity contribution in [1.82, 2.24) is 10.2 Å². The third-order valence-electron chi connectivity index (χ3n) is 4.68. The molecular formula is C20H22ClN3O2. The molecule has 0 radical (unpaired) electrons. The van der Waals surface area contributed by atoms with Crippen LogP contribution in [0.25, 0.3) is 0 Å². The minimum absolute atomic E-state index is 0.0166. The molecule has 3 amide bonds. The molecule has 1 fully saturated rings. The van der Waals surface area contributed by atoms with Gasteiger partial charge in [0.05, 0.1) is 12.1 Å². The lowest BCUT2D eigenvalue weighted by molar-refractivity contribution is -0.129. The highest BCUT2D eigenvalue weighted by atomic mass is 35.5. The van der Waals surface area contributed by atoms with Crippen molar-refractivity contribution in [3.63, 3.8) is 0 Å². The first-order valence-electron chi connectivity index (χ1n) is 8.62. The van der Waals surface area contributed by atoms with E-state index in [4.69, 9.17) is 11.6 Å². The van der Waals surface area contributed by atoms with Gasteiger partial charge >= 0.3 is 6.03 Å². The maximum absolute atomic E-state index is 12.4. The number of carbonyl (C=O) groups excluding carboxylic acids is 2. The molecular weight excluding hydrogens is 350 g/mol. The Balaban J connectivity index is 1.59. The zero-order chi connectivity index (χ0) is 18.7. The van der Waals surface area contributed by atoms with Gasteiger partial charge in [0.1, 0.15) is 0 Å². The van der Waals surface area contributed by atoms with E-state index in [1.807, 2.05) is 49.1 Å². The Hall–Kier alpha value is -2.53. The molecule has 1 aliphatic heterocycles. The standard InChI is InChI=1S/C20H22ClN3O2/c1-13-10-16(21)8-9-18(13)23-20(26)22-17-11-19(25)24(12-17)14(2)15-6-4-3-5-7-15/h3-10,14,17H,11-12H2,1-2H3,(H2,22,23,26). The van der Waals surface area contributed by atoms with Crippen LogP contribution in [0.5, 0.6) is 0 Å². The minimum Gasteiger partial charge on any atom is -0.334 e. The first kappa shape index (κ1) is 18.3. The van der Waals surface area contributed by atoms with E-state index in [1.54, 1.807) is 18.2 Å². The number of nitrogens with zero attached hydrogens (tertiary/aromatic N) is 1. The van der Waals surface area contributed by atoms with Crippen molar-refractivity contribution in [2.75, 3.05) is 11.9 Å². The van der Waals surface area contributed by atoms with Crippen molar-refractivity contribution in [3.8, 4) is 0 Å². The van der Waals surface area contributed by atoms with Crippen molar-refractivity contribution >= 4 is 29.2 Å². The van der Waals surface area contributed by atoms with Crippen LogP contribution in [0.3, 0.4) is 0 Å². The lowest BCUT2D eigenvalue weighted by Gasteiger charge is -2.25. The number of carbonyl (C=O) groups is 2. The summed E-state index contributed by atoms with van der Waals surface area (Å²) in [5.41, 5.74) is 2.67. The van der Waals surface area contributed by atoms with Crippen LogP contribution in [0.1, 0.15) is 30.5 Å². The number of amides is 3. The summed E-state index contributed by atoms with van der Waals surface area (Å²) in [6, 6.07) is 14.6. The Morgan fingerprint density at radius 3 is 2.65 bits per heavy atom. The number of hydrogen-bond donors (Lipinski definition) is 2. The van der Waals surface area contributed by atoms with Crippen molar-refractivity contribution < 1.29 is 9.59 Å². The van der Waals surface area contributed by atoms with E-state index in [1.165, 1.54) is 0 Å². The van der Waals surface area contributed by atoms with Gasteiger partial charge in [-0.2, -0.15) is 0 Å². The van der Waals surface area contributed by atoms with Crippen LogP contribution in [0.4, 0.5) is 10.5 Å². The zero-order valence-corrected chi connectivity index (χ0v) is 15.6. The summed E-state index contributed by atoms with van der Waals surface area (Å²) in [5, 5.41) is 6.33. The molecule has 2 aromatic carbocycles. The number of urea groups is 1.